The molecule has 0 unspecified atom stereocenters. The van der Waals surface area contributed by atoms with E-state index in [1.54, 1.807) is 12.1 Å². The van der Waals surface area contributed by atoms with Crippen LogP contribution >= 0.6 is 0 Å². The molecule has 40 heavy (non-hydrogen) atoms. The number of fused-ring (bicyclic) bond motifs is 1. The molecule has 0 saturated heterocycles. The van der Waals surface area contributed by atoms with Gasteiger partial charge in [-0.1, -0.05) is 17.3 Å². The van der Waals surface area contributed by atoms with Gasteiger partial charge in [0.1, 0.15) is 23.4 Å². The van der Waals surface area contributed by atoms with E-state index < -0.39 is 27.6 Å². The summed E-state index contributed by atoms with van der Waals surface area (Å²) in [7, 11) is -3.44. The van der Waals surface area contributed by atoms with Crippen molar-refractivity contribution in [1.82, 2.24) is 10.1 Å². The lowest BCUT2D eigenvalue weighted by Crippen LogP contribution is -2.09. The monoisotopic (exact) mass is 575 g/mol. The van der Waals surface area contributed by atoms with Gasteiger partial charge in [-0.3, -0.25) is 9.52 Å². The lowest BCUT2D eigenvalue weighted by Gasteiger charge is -2.07. The van der Waals surface area contributed by atoms with Crippen LogP contribution in [0.15, 0.2) is 80.7 Å². The standard InChI is InChI=1S/C26H17F4N3O6S/c1-40(35,36)33-18-4-2-14(3-5-18)21-12-38-22-11-19(6-7-20(22)24(21)34)37-13-23-31-25(32-39-23)15-8-16(26(28,29)30)10-17(27)9-15/h2-12,33H,13H2,1H3. The Morgan fingerprint density at radius 3 is 2.45 bits per heavy atom. The maximum Gasteiger partial charge on any atom is 0.416 e. The van der Waals surface area contributed by atoms with Crippen LogP contribution in [0.2, 0.25) is 0 Å². The van der Waals surface area contributed by atoms with Crippen LogP contribution in [-0.2, 0) is 22.8 Å². The van der Waals surface area contributed by atoms with E-state index >= 15 is 0 Å². The molecule has 2 aromatic heterocycles. The first-order valence-corrected chi connectivity index (χ1v) is 13.2. The van der Waals surface area contributed by atoms with E-state index in [1.807, 2.05) is 0 Å². The number of rotatable bonds is 7. The number of sulfonamides is 1. The minimum Gasteiger partial charge on any atom is -0.484 e. The molecular formula is C26H17F4N3O6S. The summed E-state index contributed by atoms with van der Waals surface area (Å²) >= 11 is 0. The van der Waals surface area contributed by atoms with Crippen LogP contribution in [0.3, 0.4) is 0 Å². The fraction of sp³-hybridized carbons (Fsp3) is 0.115. The van der Waals surface area contributed by atoms with Gasteiger partial charge in [-0.2, -0.15) is 18.2 Å². The summed E-state index contributed by atoms with van der Waals surface area (Å²) in [5.74, 6) is -1.17. The normalized spacial score (nSPS) is 12.0. The van der Waals surface area contributed by atoms with Crippen LogP contribution in [0.25, 0.3) is 33.5 Å². The molecule has 9 nitrogen and oxygen atoms in total. The molecule has 2 heterocycles. The van der Waals surface area contributed by atoms with Gasteiger partial charge < -0.3 is 13.7 Å². The second kappa shape index (κ2) is 10.1. The van der Waals surface area contributed by atoms with Gasteiger partial charge in [-0.05, 0) is 48.0 Å². The fourth-order valence-corrected chi connectivity index (χ4v) is 4.35. The molecule has 0 saturated carbocycles. The number of ether oxygens (including phenoxy) is 1. The Bertz CT molecular complexity index is 1880. The molecule has 14 heteroatoms. The largest absolute Gasteiger partial charge is 0.484 e. The van der Waals surface area contributed by atoms with E-state index in [2.05, 4.69) is 14.9 Å². The quantitative estimate of drug-likeness (QED) is 0.248. The van der Waals surface area contributed by atoms with E-state index in [0.717, 1.165) is 12.3 Å². The molecule has 0 fully saturated rings. The molecule has 0 bridgehead atoms. The molecule has 206 valence electrons. The number of aromatic nitrogens is 2. The van der Waals surface area contributed by atoms with Gasteiger partial charge in [-0.15, -0.1) is 0 Å². The zero-order valence-corrected chi connectivity index (χ0v) is 21.1. The number of hydrogen-bond donors (Lipinski definition) is 1. The highest BCUT2D eigenvalue weighted by molar-refractivity contribution is 7.92. The van der Waals surface area contributed by atoms with Crippen molar-refractivity contribution in [3.05, 3.63) is 94.4 Å². The fourth-order valence-electron chi connectivity index (χ4n) is 3.79. The molecule has 5 rings (SSSR count). The number of nitrogens with one attached hydrogen (secondary N) is 1. The van der Waals surface area contributed by atoms with Crippen molar-refractivity contribution < 1.29 is 39.7 Å². The average Bonchev–Trinajstić information content (AvgIpc) is 3.36. The summed E-state index contributed by atoms with van der Waals surface area (Å²) in [4.78, 5) is 17.0. The Kier molecular flexibility index (Phi) is 6.79. The van der Waals surface area contributed by atoms with Gasteiger partial charge in [0.2, 0.25) is 15.8 Å². The van der Waals surface area contributed by atoms with E-state index in [1.165, 1.54) is 36.6 Å². The predicted octanol–water partition coefficient (Wildman–Crippen LogP) is 5.62. The first-order valence-electron chi connectivity index (χ1n) is 11.3. The van der Waals surface area contributed by atoms with Crippen molar-refractivity contribution in [3.8, 4) is 28.3 Å². The van der Waals surface area contributed by atoms with Gasteiger partial charge >= 0.3 is 6.18 Å². The van der Waals surface area contributed by atoms with E-state index in [-0.39, 0.29) is 51.6 Å². The zero-order chi connectivity index (χ0) is 28.7. The topological polar surface area (TPSA) is 125 Å². The molecule has 0 atom stereocenters. The molecule has 0 spiro atoms. The summed E-state index contributed by atoms with van der Waals surface area (Å²) in [5, 5.41) is 3.85. The molecule has 0 radical (unpaired) electrons. The van der Waals surface area contributed by atoms with Crippen molar-refractivity contribution in [2.24, 2.45) is 0 Å². The highest BCUT2D eigenvalue weighted by atomic mass is 32.2. The maximum absolute atomic E-state index is 13.7. The summed E-state index contributed by atoms with van der Waals surface area (Å²) in [6.45, 7) is -0.268. The second-order valence-electron chi connectivity index (χ2n) is 8.61. The van der Waals surface area contributed by atoms with Crippen LogP contribution < -0.4 is 14.9 Å². The molecule has 3 aromatic carbocycles. The van der Waals surface area contributed by atoms with Crippen molar-refractivity contribution in [3.63, 3.8) is 0 Å². The number of halogens is 4. The number of anilines is 1. The van der Waals surface area contributed by atoms with Crippen molar-refractivity contribution in [1.29, 1.82) is 0 Å². The van der Waals surface area contributed by atoms with Crippen molar-refractivity contribution in [2.75, 3.05) is 11.0 Å². The lowest BCUT2D eigenvalue weighted by atomic mass is 10.1. The lowest BCUT2D eigenvalue weighted by molar-refractivity contribution is -0.137. The minimum absolute atomic E-state index is 0.0847. The van der Waals surface area contributed by atoms with E-state index in [4.69, 9.17) is 13.7 Å². The molecule has 0 amide bonds. The number of alkyl halides is 3. The molecular weight excluding hydrogens is 558 g/mol. The Morgan fingerprint density at radius 1 is 1.00 bits per heavy atom. The Labute approximate surface area is 223 Å². The van der Waals surface area contributed by atoms with Gasteiger partial charge in [0.15, 0.2) is 12.0 Å². The van der Waals surface area contributed by atoms with E-state index in [0.29, 0.717) is 23.4 Å². The SMILES string of the molecule is CS(=O)(=O)Nc1ccc(-c2coc3cc(OCc4nc(-c5cc(F)cc(C(F)(F)F)c5)no4)ccc3c2=O)cc1. The summed E-state index contributed by atoms with van der Waals surface area (Å²) in [5.41, 5.74) is -0.398. The predicted molar refractivity (Wildman–Crippen MR) is 135 cm³/mol. The first-order chi connectivity index (χ1) is 18.9. The number of hydrogen-bond acceptors (Lipinski definition) is 8. The summed E-state index contributed by atoms with van der Waals surface area (Å²) in [6, 6.07) is 12.6. The highest BCUT2D eigenvalue weighted by Gasteiger charge is 2.32. The molecule has 0 aliphatic carbocycles. The Hall–Kier alpha value is -4.72. The van der Waals surface area contributed by atoms with Crippen LogP contribution in [0, 0.1) is 5.82 Å². The number of benzene rings is 3. The van der Waals surface area contributed by atoms with Gasteiger partial charge in [0, 0.05) is 17.3 Å². The maximum atomic E-state index is 13.7. The second-order valence-corrected chi connectivity index (χ2v) is 10.4. The van der Waals surface area contributed by atoms with Crippen molar-refractivity contribution in [2.45, 2.75) is 12.8 Å². The van der Waals surface area contributed by atoms with Crippen LogP contribution in [0.4, 0.5) is 23.2 Å². The number of nitrogens with zero attached hydrogens (tertiary/aromatic N) is 2. The summed E-state index contributed by atoms with van der Waals surface area (Å²) in [6.07, 6.45) is -2.45. The smallest absolute Gasteiger partial charge is 0.416 e. The third-order valence-electron chi connectivity index (χ3n) is 5.56. The zero-order valence-electron chi connectivity index (χ0n) is 20.3. The molecule has 1 N–H and O–H groups in total. The summed E-state index contributed by atoms with van der Waals surface area (Å²) < 4.78 is 94.0. The third kappa shape index (κ3) is 5.96. The Morgan fingerprint density at radius 2 is 1.75 bits per heavy atom. The van der Waals surface area contributed by atoms with Crippen molar-refractivity contribution >= 4 is 26.7 Å². The first kappa shape index (κ1) is 26.9. The molecule has 0 aliphatic heterocycles. The van der Waals surface area contributed by atoms with Crippen LogP contribution in [-0.4, -0.2) is 24.8 Å². The van der Waals surface area contributed by atoms with E-state index in [9.17, 15) is 30.8 Å². The van der Waals surface area contributed by atoms with Gasteiger partial charge in [0.05, 0.1) is 22.8 Å². The molecule has 0 aliphatic rings. The third-order valence-corrected chi connectivity index (χ3v) is 6.17. The highest BCUT2D eigenvalue weighted by Crippen LogP contribution is 2.32. The van der Waals surface area contributed by atoms with Gasteiger partial charge in [-0.25, -0.2) is 12.8 Å². The average molecular weight is 575 g/mol. The minimum atomic E-state index is -4.75. The van der Waals surface area contributed by atoms with Crippen LogP contribution in [0.1, 0.15) is 11.5 Å². The van der Waals surface area contributed by atoms with Gasteiger partial charge in [0.25, 0.3) is 5.89 Å². The van der Waals surface area contributed by atoms with Crippen LogP contribution in [0.5, 0.6) is 5.75 Å². The Balaban J connectivity index is 1.32. The molecule has 5 aromatic rings.